The van der Waals surface area contributed by atoms with E-state index in [-0.39, 0.29) is 11.8 Å². The summed E-state index contributed by atoms with van der Waals surface area (Å²) in [5.74, 6) is -0.236. The van der Waals surface area contributed by atoms with Crippen LogP contribution in [0, 0.1) is 5.92 Å². The van der Waals surface area contributed by atoms with Gasteiger partial charge in [0.2, 0.25) is 5.91 Å². The van der Waals surface area contributed by atoms with Crippen LogP contribution in [-0.2, 0) is 16.0 Å². The first-order valence-electron chi connectivity index (χ1n) is 7.79. The molecule has 1 aromatic carbocycles. The van der Waals surface area contributed by atoms with Crippen LogP contribution >= 0.6 is 12.6 Å². The van der Waals surface area contributed by atoms with Crippen molar-refractivity contribution in [2.75, 3.05) is 12.3 Å². The molecule has 0 aliphatic carbocycles. The largest absolute Gasteiger partial charge is 0.480 e. The number of likely N-dealkylation sites (tertiary alicyclic amines) is 1. The summed E-state index contributed by atoms with van der Waals surface area (Å²) in [5, 5.41) is 9.31. The summed E-state index contributed by atoms with van der Waals surface area (Å²) < 4.78 is 0. The standard InChI is InChI=1S/C17H23NO3S/c19-16(9-10-22)18-12-14(11-15(18)17(20)21)8-4-7-13-5-2-1-3-6-13/h1-3,5-6,14-15,22H,4,7-12H2,(H,20,21)/t14-,15-/m0/s1. The Bertz CT molecular complexity index is 506. The molecule has 0 bridgehead atoms. The highest BCUT2D eigenvalue weighted by Crippen LogP contribution is 2.28. The maximum atomic E-state index is 12.0. The van der Waals surface area contributed by atoms with E-state index in [2.05, 4.69) is 24.8 Å². The van der Waals surface area contributed by atoms with Crippen molar-refractivity contribution >= 4 is 24.5 Å². The van der Waals surface area contributed by atoms with Gasteiger partial charge >= 0.3 is 5.97 Å². The van der Waals surface area contributed by atoms with Gasteiger partial charge in [-0.15, -0.1) is 0 Å². The van der Waals surface area contributed by atoms with Crippen molar-refractivity contribution in [2.24, 2.45) is 5.92 Å². The highest BCUT2D eigenvalue weighted by atomic mass is 32.1. The van der Waals surface area contributed by atoms with Gasteiger partial charge in [0.1, 0.15) is 6.04 Å². The van der Waals surface area contributed by atoms with Gasteiger partial charge in [-0.1, -0.05) is 30.3 Å². The third-order valence-corrected chi connectivity index (χ3v) is 4.46. The lowest BCUT2D eigenvalue weighted by atomic mass is 9.97. The zero-order chi connectivity index (χ0) is 15.9. The lowest BCUT2D eigenvalue weighted by Crippen LogP contribution is -2.40. The second kappa shape index (κ2) is 8.22. The molecule has 120 valence electrons. The third kappa shape index (κ3) is 4.50. The second-order valence-electron chi connectivity index (χ2n) is 5.85. The average Bonchev–Trinajstić information content (AvgIpc) is 2.93. The van der Waals surface area contributed by atoms with Crippen molar-refractivity contribution in [2.45, 2.75) is 38.1 Å². The molecule has 1 aliphatic rings. The molecule has 1 N–H and O–H groups in total. The fraction of sp³-hybridized carbons (Fsp3) is 0.529. The molecule has 0 aromatic heterocycles. The Kier molecular flexibility index (Phi) is 6.31. The highest BCUT2D eigenvalue weighted by Gasteiger charge is 2.38. The molecule has 0 saturated carbocycles. The zero-order valence-electron chi connectivity index (χ0n) is 12.6. The Labute approximate surface area is 136 Å². The molecule has 2 rings (SSSR count). The summed E-state index contributed by atoms with van der Waals surface area (Å²) in [6.07, 6.45) is 3.87. The molecular weight excluding hydrogens is 298 g/mol. The lowest BCUT2D eigenvalue weighted by molar-refractivity contribution is -0.148. The average molecular weight is 321 g/mol. The minimum Gasteiger partial charge on any atom is -0.480 e. The summed E-state index contributed by atoms with van der Waals surface area (Å²) in [6.45, 7) is 0.568. The number of hydrogen-bond donors (Lipinski definition) is 2. The summed E-state index contributed by atoms with van der Waals surface area (Å²) in [4.78, 5) is 24.9. The third-order valence-electron chi connectivity index (χ3n) is 4.24. The van der Waals surface area contributed by atoms with E-state index in [1.54, 1.807) is 0 Å². The quantitative estimate of drug-likeness (QED) is 0.759. The number of thiol groups is 1. The molecule has 1 aliphatic heterocycles. The van der Waals surface area contributed by atoms with Crippen molar-refractivity contribution in [1.29, 1.82) is 0 Å². The number of amides is 1. The summed E-state index contributed by atoms with van der Waals surface area (Å²) in [6, 6.07) is 9.62. The predicted octanol–water partition coefficient (Wildman–Crippen LogP) is 2.63. The molecule has 5 heteroatoms. The van der Waals surface area contributed by atoms with Gasteiger partial charge < -0.3 is 10.0 Å². The number of nitrogens with zero attached hydrogens (tertiary/aromatic N) is 1. The van der Waals surface area contributed by atoms with Crippen LogP contribution < -0.4 is 0 Å². The van der Waals surface area contributed by atoms with Crippen molar-refractivity contribution < 1.29 is 14.7 Å². The van der Waals surface area contributed by atoms with Crippen molar-refractivity contribution in [3.8, 4) is 0 Å². The van der Waals surface area contributed by atoms with E-state index in [4.69, 9.17) is 0 Å². The molecule has 22 heavy (non-hydrogen) atoms. The van der Waals surface area contributed by atoms with Crippen LogP contribution in [0.2, 0.25) is 0 Å². The number of aliphatic carboxylic acids is 1. The number of rotatable bonds is 7. The summed E-state index contributed by atoms with van der Waals surface area (Å²) >= 11 is 4.06. The first-order chi connectivity index (χ1) is 10.6. The number of carbonyl (C=O) groups excluding carboxylic acids is 1. The topological polar surface area (TPSA) is 57.6 Å². The lowest BCUT2D eigenvalue weighted by Gasteiger charge is -2.21. The van der Waals surface area contributed by atoms with Gasteiger partial charge in [-0.3, -0.25) is 4.79 Å². The summed E-state index contributed by atoms with van der Waals surface area (Å²) in [7, 11) is 0. The molecule has 4 nitrogen and oxygen atoms in total. The Hall–Kier alpha value is -1.49. The molecule has 0 radical (unpaired) electrons. The van der Waals surface area contributed by atoms with E-state index in [1.807, 2.05) is 18.2 Å². The smallest absolute Gasteiger partial charge is 0.326 e. The molecule has 1 heterocycles. The van der Waals surface area contributed by atoms with Gasteiger partial charge in [-0.2, -0.15) is 12.6 Å². The van der Waals surface area contributed by atoms with Crippen LogP contribution in [-0.4, -0.2) is 40.2 Å². The highest BCUT2D eigenvalue weighted by molar-refractivity contribution is 7.80. The Morgan fingerprint density at radius 2 is 2.00 bits per heavy atom. The Morgan fingerprint density at radius 3 is 2.64 bits per heavy atom. The first kappa shape index (κ1) is 16.9. The van der Waals surface area contributed by atoms with Crippen molar-refractivity contribution in [1.82, 2.24) is 4.90 Å². The van der Waals surface area contributed by atoms with Gasteiger partial charge in [-0.05, 0) is 42.9 Å². The molecule has 1 amide bonds. The van der Waals surface area contributed by atoms with E-state index in [9.17, 15) is 14.7 Å². The van der Waals surface area contributed by atoms with Crippen molar-refractivity contribution in [3.63, 3.8) is 0 Å². The molecule has 1 saturated heterocycles. The molecular formula is C17H23NO3S. The van der Waals surface area contributed by atoms with Gasteiger partial charge in [0.15, 0.2) is 0 Å². The van der Waals surface area contributed by atoms with Crippen LogP contribution in [0.4, 0.5) is 0 Å². The number of aryl methyl sites for hydroxylation is 1. The number of benzene rings is 1. The van der Waals surface area contributed by atoms with Crippen LogP contribution in [0.15, 0.2) is 30.3 Å². The van der Waals surface area contributed by atoms with Gasteiger partial charge in [0.05, 0.1) is 0 Å². The molecule has 1 fully saturated rings. The fourth-order valence-corrected chi connectivity index (χ4v) is 3.31. The summed E-state index contributed by atoms with van der Waals surface area (Å²) in [5.41, 5.74) is 1.30. The van der Waals surface area contributed by atoms with E-state index in [0.717, 1.165) is 19.3 Å². The van der Waals surface area contributed by atoms with E-state index >= 15 is 0 Å². The van der Waals surface area contributed by atoms with Crippen LogP contribution in [0.5, 0.6) is 0 Å². The van der Waals surface area contributed by atoms with Crippen LogP contribution in [0.1, 0.15) is 31.2 Å². The van der Waals surface area contributed by atoms with E-state index < -0.39 is 12.0 Å². The van der Waals surface area contributed by atoms with E-state index in [0.29, 0.717) is 25.1 Å². The van der Waals surface area contributed by atoms with Crippen LogP contribution in [0.3, 0.4) is 0 Å². The van der Waals surface area contributed by atoms with Crippen LogP contribution in [0.25, 0.3) is 0 Å². The first-order valence-corrected chi connectivity index (χ1v) is 8.42. The van der Waals surface area contributed by atoms with Crippen molar-refractivity contribution in [3.05, 3.63) is 35.9 Å². The number of carbonyl (C=O) groups is 2. The zero-order valence-corrected chi connectivity index (χ0v) is 13.5. The number of carboxylic acids is 1. The van der Waals surface area contributed by atoms with E-state index in [1.165, 1.54) is 10.5 Å². The maximum Gasteiger partial charge on any atom is 0.326 e. The number of hydrogen-bond acceptors (Lipinski definition) is 3. The Balaban J connectivity index is 1.85. The second-order valence-corrected chi connectivity index (χ2v) is 6.30. The van der Waals surface area contributed by atoms with Gasteiger partial charge in [-0.25, -0.2) is 4.79 Å². The monoisotopic (exact) mass is 321 g/mol. The minimum absolute atomic E-state index is 0.0899. The van der Waals surface area contributed by atoms with Gasteiger partial charge in [0.25, 0.3) is 0 Å². The Morgan fingerprint density at radius 1 is 1.27 bits per heavy atom. The minimum atomic E-state index is -0.891. The fourth-order valence-electron chi connectivity index (χ4n) is 3.12. The molecule has 0 spiro atoms. The molecule has 1 aromatic rings. The SMILES string of the molecule is O=C(O)[C@@H]1C[C@H](CCCc2ccccc2)CN1C(=O)CCS. The number of carboxylic acid groups (broad SMARTS) is 1. The normalized spacial score (nSPS) is 21.0. The predicted molar refractivity (Wildman–Crippen MR) is 89.1 cm³/mol. The van der Waals surface area contributed by atoms with Gasteiger partial charge in [0, 0.05) is 13.0 Å². The maximum absolute atomic E-state index is 12.0. The molecule has 0 unspecified atom stereocenters. The molecule has 2 atom stereocenters.